The Morgan fingerprint density at radius 3 is 2.78 bits per heavy atom. The minimum Gasteiger partial charge on any atom is -0.332 e. The van der Waals surface area contributed by atoms with Gasteiger partial charge in [-0.15, -0.1) is 0 Å². The summed E-state index contributed by atoms with van der Waals surface area (Å²) in [7, 11) is 0. The molecule has 3 fully saturated rings. The molecule has 0 aromatic carbocycles. The fourth-order valence-electron chi connectivity index (χ4n) is 5.55. The molecule has 1 amide bonds. The van der Waals surface area contributed by atoms with E-state index in [1.54, 1.807) is 0 Å². The van der Waals surface area contributed by atoms with Gasteiger partial charge in [0.05, 0.1) is 12.2 Å². The number of carbonyl (C=O) groups is 1. The standard InChI is InChI=1S/C22H30N4O/c1-16-7-8-21-23-18(14-25(21)12-16)15-26-19-9-10-24(20(19)11-22(26)27)13-17-5-3-2-4-6-17/h7-8,12,14,17,19-20H,2-6,9-11,13,15H2,1H3/t19-,20-/m0/s1. The van der Waals surface area contributed by atoms with Crippen molar-refractivity contribution in [2.45, 2.75) is 70.5 Å². The summed E-state index contributed by atoms with van der Waals surface area (Å²) in [5, 5.41) is 0. The molecule has 1 aliphatic carbocycles. The minimum absolute atomic E-state index is 0.312. The van der Waals surface area contributed by atoms with Crippen molar-refractivity contribution in [3.05, 3.63) is 35.8 Å². The molecule has 2 aromatic rings. The molecule has 2 aliphatic heterocycles. The summed E-state index contributed by atoms with van der Waals surface area (Å²) in [6, 6.07) is 4.95. The van der Waals surface area contributed by atoms with Gasteiger partial charge >= 0.3 is 0 Å². The van der Waals surface area contributed by atoms with Gasteiger partial charge in [0.1, 0.15) is 5.65 Å². The lowest BCUT2D eigenvalue weighted by atomic mass is 9.89. The zero-order chi connectivity index (χ0) is 18.4. The number of amides is 1. The van der Waals surface area contributed by atoms with Gasteiger partial charge in [0.15, 0.2) is 0 Å². The molecule has 27 heavy (non-hydrogen) atoms. The Hall–Kier alpha value is -1.88. The van der Waals surface area contributed by atoms with E-state index in [1.807, 2.05) is 0 Å². The van der Waals surface area contributed by atoms with Crippen LogP contribution in [0.5, 0.6) is 0 Å². The van der Waals surface area contributed by atoms with E-state index >= 15 is 0 Å². The Bertz CT molecular complexity index is 838. The lowest BCUT2D eigenvalue weighted by Crippen LogP contribution is -2.39. The van der Waals surface area contributed by atoms with E-state index in [4.69, 9.17) is 4.98 Å². The van der Waals surface area contributed by atoms with Crippen molar-refractivity contribution in [3.8, 4) is 0 Å². The number of fused-ring (bicyclic) bond motifs is 2. The SMILES string of the molecule is Cc1ccc2nc(CN3C(=O)C[C@H]4[C@@H]3CCN4CC3CCCCC3)cn2c1. The predicted octanol–water partition coefficient (Wildman–Crippen LogP) is 3.40. The van der Waals surface area contributed by atoms with E-state index in [-0.39, 0.29) is 0 Å². The van der Waals surface area contributed by atoms with Crippen molar-refractivity contribution < 1.29 is 4.79 Å². The van der Waals surface area contributed by atoms with Crippen LogP contribution < -0.4 is 0 Å². The van der Waals surface area contributed by atoms with Crippen molar-refractivity contribution in [1.82, 2.24) is 19.2 Å². The highest BCUT2D eigenvalue weighted by Gasteiger charge is 2.46. The number of rotatable bonds is 4. The van der Waals surface area contributed by atoms with Crippen LogP contribution in [-0.2, 0) is 11.3 Å². The summed E-state index contributed by atoms with van der Waals surface area (Å²) in [5.41, 5.74) is 3.18. The molecular formula is C22H30N4O. The van der Waals surface area contributed by atoms with Gasteiger partial charge in [0.2, 0.25) is 5.91 Å². The fourth-order valence-corrected chi connectivity index (χ4v) is 5.55. The first-order valence-electron chi connectivity index (χ1n) is 10.6. The average Bonchev–Trinajstić information content (AvgIpc) is 3.32. The predicted molar refractivity (Wildman–Crippen MR) is 105 cm³/mol. The molecule has 2 atom stereocenters. The summed E-state index contributed by atoms with van der Waals surface area (Å²) in [5.74, 6) is 1.16. The van der Waals surface area contributed by atoms with Crippen LogP contribution in [0.4, 0.5) is 0 Å². The zero-order valence-corrected chi connectivity index (χ0v) is 16.3. The summed E-state index contributed by atoms with van der Waals surface area (Å²) < 4.78 is 2.08. The van der Waals surface area contributed by atoms with Gasteiger partial charge < -0.3 is 9.30 Å². The molecule has 2 saturated heterocycles. The largest absolute Gasteiger partial charge is 0.332 e. The quantitative estimate of drug-likeness (QED) is 0.833. The second-order valence-electron chi connectivity index (χ2n) is 8.85. The Balaban J connectivity index is 1.28. The Labute approximate surface area is 161 Å². The first kappa shape index (κ1) is 17.2. The van der Waals surface area contributed by atoms with Crippen LogP contribution in [0.2, 0.25) is 0 Å². The highest BCUT2D eigenvalue weighted by molar-refractivity contribution is 5.80. The third-order valence-electron chi connectivity index (χ3n) is 6.93. The van der Waals surface area contributed by atoms with Crippen LogP contribution in [0, 0.1) is 12.8 Å². The molecule has 0 N–H and O–H groups in total. The maximum Gasteiger partial charge on any atom is 0.224 e. The van der Waals surface area contributed by atoms with Gasteiger partial charge in [-0.2, -0.15) is 0 Å². The smallest absolute Gasteiger partial charge is 0.224 e. The van der Waals surface area contributed by atoms with E-state index in [0.717, 1.165) is 30.2 Å². The van der Waals surface area contributed by atoms with Crippen LogP contribution in [0.3, 0.4) is 0 Å². The number of carbonyl (C=O) groups excluding carboxylic acids is 1. The molecule has 5 rings (SSSR count). The second-order valence-corrected chi connectivity index (χ2v) is 8.85. The number of aromatic nitrogens is 2. The van der Waals surface area contributed by atoms with Gasteiger partial charge in [0, 0.05) is 44.0 Å². The van der Waals surface area contributed by atoms with Crippen LogP contribution in [-0.4, -0.2) is 50.3 Å². The van der Waals surface area contributed by atoms with E-state index < -0.39 is 0 Å². The van der Waals surface area contributed by atoms with E-state index in [0.29, 0.717) is 31.0 Å². The minimum atomic E-state index is 0.312. The van der Waals surface area contributed by atoms with Crippen molar-refractivity contribution in [3.63, 3.8) is 0 Å². The first-order chi connectivity index (χ1) is 13.2. The average molecular weight is 367 g/mol. The molecule has 1 saturated carbocycles. The molecule has 0 spiro atoms. The van der Waals surface area contributed by atoms with Gasteiger partial charge in [-0.1, -0.05) is 25.3 Å². The molecule has 144 valence electrons. The van der Waals surface area contributed by atoms with Crippen LogP contribution in [0.25, 0.3) is 5.65 Å². The number of nitrogens with zero attached hydrogens (tertiary/aromatic N) is 4. The van der Waals surface area contributed by atoms with E-state index in [2.05, 4.69) is 45.7 Å². The maximum absolute atomic E-state index is 12.8. The van der Waals surface area contributed by atoms with Crippen LogP contribution in [0.1, 0.15) is 56.2 Å². The van der Waals surface area contributed by atoms with Crippen LogP contribution >= 0.6 is 0 Å². The first-order valence-corrected chi connectivity index (χ1v) is 10.6. The van der Waals surface area contributed by atoms with Crippen molar-refractivity contribution in [1.29, 1.82) is 0 Å². The lowest BCUT2D eigenvalue weighted by Gasteiger charge is -2.30. The molecule has 5 heteroatoms. The normalized spacial score (nSPS) is 27.0. The van der Waals surface area contributed by atoms with E-state index in [9.17, 15) is 4.79 Å². The number of imidazole rings is 1. The van der Waals surface area contributed by atoms with Crippen LogP contribution in [0.15, 0.2) is 24.5 Å². The molecular weight excluding hydrogens is 336 g/mol. The summed E-state index contributed by atoms with van der Waals surface area (Å²) in [6.45, 7) is 5.10. The van der Waals surface area contributed by atoms with Crippen molar-refractivity contribution in [2.75, 3.05) is 13.1 Å². The highest BCUT2D eigenvalue weighted by Crippen LogP contribution is 2.35. The topological polar surface area (TPSA) is 40.9 Å². The molecule has 0 unspecified atom stereocenters. The lowest BCUT2D eigenvalue weighted by molar-refractivity contribution is -0.129. The highest BCUT2D eigenvalue weighted by atomic mass is 16.2. The molecule has 3 aliphatic rings. The number of likely N-dealkylation sites (tertiary alicyclic amines) is 2. The second kappa shape index (κ2) is 6.93. The molecule has 5 nitrogen and oxygen atoms in total. The van der Waals surface area contributed by atoms with Gasteiger partial charge in [-0.3, -0.25) is 9.69 Å². The van der Waals surface area contributed by atoms with Gasteiger partial charge in [-0.25, -0.2) is 4.98 Å². The third-order valence-corrected chi connectivity index (χ3v) is 6.93. The van der Waals surface area contributed by atoms with Gasteiger partial charge in [0.25, 0.3) is 0 Å². The maximum atomic E-state index is 12.8. The zero-order valence-electron chi connectivity index (χ0n) is 16.3. The summed E-state index contributed by atoms with van der Waals surface area (Å²) in [6.07, 6.45) is 13.0. The monoisotopic (exact) mass is 366 g/mol. The van der Waals surface area contributed by atoms with Crippen molar-refractivity contribution >= 4 is 11.6 Å². The molecule has 4 heterocycles. The number of pyridine rings is 1. The van der Waals surface area contributed by atoms with Gasteiger partial charge in [-0.05, 0) is 43.7 Å². The summed E-state index contributed by atoms with van der Waals surface area (Å²) in [4.78, 5) is 22.2. The Morgan fingerprint density at radius 1 is 1.07 bits per heavy atom. The number of hydrogen-bond acceptors (Lipinski definition) is 3. The summed E-state index contributed by atoms with van der Waals surface area (Å²) >= 11 is 0. The molecule has 0 radical (unpaired) electrons. The van der Waals surface area contributed by atoms with E-state index in [1.165, 1.54) is 44.2 Å². The van der Waals surface area contributed by atoms with Crippen molar-refractivity contribution in [2.24, 2.45) is 5.92 Å². The number of aryl methyl sites for hydroxylation is 1. The molecule has 0 bridgehead atoms. The Kier molecular flexibility index (Phi) is 4.43. The third kappa shape index (κ3) is 3.27. The Morgan fingerprint density at radius 2 is 1.93 bits per heavy atom. The number of hydrogen-bond donors (Lipinski definition) is 0. The molecule has 2 aromatic heterocycles. The fraction of sp³-hybridized carbons (Fsp3) is 0.636.